The Balaban J connectivity index is 2.03. The van der Waals surface area contributed by atoms with E-state index in [4.69, 9.17) is 14.2 Å². The molecular weight excluding hydrogens is 314 g/mol. The van der Waals surface area contributed by atoms with Crippen LogP contribution in [0.25, 0.3) is 0 Å². The largest absolute Gasteiger partial charge is 0.469 e. The normalized spacial score (nSPS) is 26.2. The van der Waals surface area contributed by atoms with E-state index in [1.807, 2.05) is 30.3 Å². The summed E-state index contributed by atoms with van der Waals surface area (Å²) in [7, 11) is 1.25. The molecule has 0 aromatic heterocycles. The fraction of sp³-hybridized carbons (Fsp3) is 0.471. The van der Waals surface area contributed by atoms with Gasteiger partial charge in [0.25, 0.3) is 0 Å². The highest BCUT2D eigenvalue weighted by atomic mass is 16.6. The van der Waals surface area contributed by atoms with Crippen LogP contribution in [-0.4, -0.2) is 37.3 Å². The average Bonchev–Trinajstić information content (AvgIpc) is 2.58. The smallest absolute Gasteiger partial charge is 0.407 e. The lowest BCUT2D eigenvalue weighted by molar-refractivity contribution is -0.174. The number of alkyl carbamates (subject to hydrolysis) is 1. The van der Waals surface area contributed by atoms with Crippen LogP contribution in [0, 0.1) is 11.8 Å². The molecule has 0 spiro atoms. The summed E-state index contributed by atoms with van der Waals surface area (Å²) in [5.41, 5.74) is 0.835. The number of amides is 1. The van der Waals surface area contributed by atoms with E-state index in [1.165, 1.54) is 7.11 Å². The third kappa shape index (κ3) is 4.04. The zero-order chi connectivity index (χ0) is 17.7. The maximum Gasteiger partial charge on any atom is 0.407 e. The fourth-order valence-electron chi connectivity index (χ4n) is 2.70. The Morgan fingerprint density at radius 3 is 2.50 bits per heavy atom. The van der Waals surface area contributed by atoms with Crippen molar-refractivity contribution in [2.45, 2.75) is 32.6 Å². The first-order chi connectivity index (χ1) is 11.4. The molecule has 2 rings (SSSR count). The number of carbonyl (C=O) groups excluding carboxylic acids is 3. The molecule has 0 bridgehead atoms. The van der Waals surface area contributed by atoms with Crippen LogP contribution in [0.2, 0.25) is 0 Å². The van der Waals surface area contributed by atoms with Gasteiger partial charge in [0, 0.05) is 0 Å². The predicted molar refractivity (Wildman–Crippen MR) is 83.8 cm³/mol. The van der Waals surface area contributed by atoms with E-state index >= 15 is 0 Å². The molecule has 0 saturated carbocycles. The van der Waals surface area contributed by atoms with Crippen LogP contribution in [0.3, 0.4) is 0 Å². The van der Waals surface area contributed by atoms with Gasteiger partial charge in [0.2, 0.25) is 0 Å². The second-order valence-electron chi connectivity index (χ2n) is 5.71. The van der Waals surface area contributed by atoms with Crippen molar-refractivity contribution in [2.75, 3.05) is 7.11 Å². The van der Waals surface area contributed by atoms with Crippen molar-refractivity contribution in [3.8, 4) is 0 Å². The van der Waals surface area contributed by atoms with Gasteiger partial charge in [0.05, 0.1) is 19.1 Å². The molecule has 1 fully saturated rings. The Morgan fingerprint density at radius 1 is 1.21 bits per heavy atom. The maximum absolute atomic E-state index is 12.1. The van der Waals surface area contributed by atoms with Gasteiger partial charge in [-0.2, -0.15) is 0 Å². The average molecular weight is 335 g/mol. The molecule has 1 aliphatic heterocycles. The van der Waals surface area contributed by atoms with Gasteiger partial charge in [-0.15, -0.1) is 0 Å². The number of esters is 2. The summed E-state index contributed by atoms with van der Waals surface area (Å²) in [6, 6.07) is 8.44. The van der Waals surface area contributed by atoms with E-state index < -0.39 is 42.0 Å². The van der Waals surface area contributed by atoms with Gasteiger partial charge in [-0.3, -0.25) is 9.59 Å². The molecule has 1 aromatic carbocycles. The molecule has 1 N–H and O–H groups in total. The van der Waals surface area contributed by atoms with E-state index in [0.717, 1.165) is 5.56 Å². The standard InChI is InChI=1S/C17H21NO6/c1-10-14(13(16(20)22-3)11(2)24-15(10)19)18-17(21)23-9-12-7-5-4-6-8-12/h4-8,10-11,13-14H,9H2,1-3H3,(H,18,21). The van der Waals surface area contributed by atoms with Crippen molar-refractivity contribution in [3.05, 3.63) is 35.9 Å². The van der Waals surface area contributed by atoms with Crippen molar-refractivity contribution in [1.82, 2.24) is 5.32 Å². The van der Waals surface area contributed by atoms with Crippen LogP contribution in [0.1, 0.15) is 19.4 Å². The number of rotatable bonds is 4. The van der Waals surface area contributed by atoms with Gasteiger partial charge in [-0.05, 0) is 19.4 Å². The predicted octanol–water partition coefficient (Wildman–Crippen LogP) is 1.65. The Labute approximate surface area is 140 Å². The van der Waals surface area contributed by atoms with Gasteiger partial charge in [-0.25, -0.2) is 4.79 Å². The molecule has 4 atom stereocenters. The summed E-state index contributed by atoms with van der Waals surface area (Å²) in [4.78, 5) is 35.9. The summed E-state index contributed by atoms with van der Waals surface area (Å²) >= 11 is 0. The molecule has 24 heavy (non-hydrogen) atoms. The Morgan fingerprint density at radius 2 is 1.88 bits per heavy atom. The number of hydrogen-bond acceptors (Lipinski definition) is 6. The highest BCUT2D eigenvalue weighted by Gasteiger charge is 2.47. The van der Waals surface area contributed by atoms with Crippen LogP contribution >= 0.6 is 0 Å². The van der Waals surface area contributed by atoms with Crippen molar-refractivity contribution in [2.24, 2.45) is 11.8 Å². The zero-order valence-corrected chi connectivity index (χ0v) is 13.9. The monoisotopic (exact) mass is 335 g/mol. The van der Waals surface area contributed by atoms with E-state index in [9.17, 15) is 14.4 Å². The lowest BCUT2D eigenvalue weighted by Crippen LogP contribution is -2.57. The minimum atomic E-state index is -0.785. The minimum Gasteiger partial charge on any atom is -0.469 e. The van der Waals surface area contributed by atoms with E-state index in [-0.39, 0.29) is 6.61 Å². The second kappa shape index (κ2) is 7.81. The number of methoxy groups -OCH3 is 1. The third-order valence-corrected chi connectivity index (χ3v) is 4.08. The van der Waals surface area contributed by atoms with Gasteiger partial charge < -0.3 is 19.5 Å². The van der Waals surface area contributed by atoms with Crippen LogP contribution in [0.5, 0.6) is 0 Å². The summed E-state index contributed by atoms with van der Waals surface area (Å²) < 4.78 is 15.1. The molecule has 130 valence electrons. The molecule has 0 aliphatic carbocycles. The molecule has 1 heterocycles. The Hall–Kier alpha value is -2.57. The minimum absolute atomic E-state index is 0.0939. The molecule has 7 nitrogen and oxygen atoms in total. The second-order valence-corrected chi connectivity index (χ2v) is 5.71. The molecule has 4 unspecified atom stereocenters. The molecule has 1 saturated heterocycles. The van der Waals surface area contributed by atoms with Crippen LogP contribution in [-0.2, 0) is 30.4 Å². The first kappa shape index (κ1) is 17.8. The summed E-state index contributed by atoms with van der Waals surface area (Å²) in [5.74, 6) is -2.49. The van der Waals surface area contributed by atoms with Crippen molar-refractivity contribution >= 4 is 18.0 Å². The number of benzene rings is 1. The molecule has 1 amide bonds. The molecular formula is C17H21NO6. The molecule has 7 heteroatoms. The summed E-state index contributed by atoms with van der Waals surface area (Å²) in [6.07, 6.45) is -1.40. The lowest BCUT2D eigenvalue weighted by atomic mass is 9.83. The van der Waals surface area contributed by atoms with E-state index in [2.05, 4.69) is 5.32 Å². The van der Waals surface area contributed by atoms with Crippen LogP contribution in [0.4, 0.5) is 4.79 Å². The fourth-order valence-corrected chi connectivity index (χ4v) is 2.70. The number of nitrogens with one attached hydrogen (secondary N) is 1. The van der Waals surface area contributed by atoms with Crippen molar-refractivity contribution < 1.29 is 28.6 Å². The SMILES string of the molecule is COC(=O)C1C(C)OC(=O)C(C)C1NC(=O)OCc1ccccc1. The number of carbonyl (C=O) groups is 3. The first-order valence-electron chi connectivity index (χ1n) is 7.69. The van der Waals surface area contributed by atoms with Gasteiger partial charge in [0.15, 0.2) is 0 Å². The van der Waals surface area contributed by atoms with Gasteiger partial charge in [0.1, 0.15) is 18.6 Å². The van der Waals surface area contributed by atoms with Gasteiger partial charge >= 0.3 is 18.0 Å². The summed E-state index contributed by atoms with van der Waals surface area (Å²) in [6.45, 7) is 3.28. The lowest BCUT2D eigenvalue weighted by Gasteiger charge is -2.37. The van der Waals surface area contributed by atoms with Crippen molar-refractivity contribution in [3.63, 3.8) is 0 Å². The molecule has 0 radical (unpaired) electrons. The Kier molecular flexibility index (Phi) is 5.78. The van der Waals surface area contributed by atoms with Crippen LogP contribution < -0.4 is 5.32 Å². The zero-order valence-electron chi connectivity index (χ0n) is 13.9. The highest BCUT2D eigenvalue weighted by Crippen LogP contribution is 2.27. The van der Waals surface area contributed by atoms with Gasteiger partial charge in [-0.1, -0.05) is 30.3 Å². The third-order valence-electron chi connectivity index (χ3n) is 4.08. The topological polar surface area (TPSA) is 90.9 Å². The van der Waals surface area contributed by atoms with E-state index in [1.54, 1.807) is 13.8 Å². The number of hydrogen-bond donors (Lipinski definition) is 1. The first-order valence-corrected chi connectivity index (χ1v) is 7.69. The molecule has 1 aliphatic rings. The summed E-state index contributed by atoms with van der Waals surface area (Å²) in [5, 5.41) is 2.60. The highest BCUT2D eigenvalue weighted by molar-refractivity contribution is 5.82. The van der Waals surface area contributed by atoms with Crippen LogP contribution in [0.15, 0.2) is 30.3 Å². The van der Waals surface area contributed by atoms with E-state index in [0.29, 0.717) is 0 Å². The number of cyclic esters (lactones) is 1. The molecule has 1 aromatic rings. The van der Waals surface area contributed by atoms with Crippen molar-refractivity contribution in [1.29, 1.82) is 0 Å². The number of ether oxygens (including phenoxy) is 3. The Bertz CT molecular complexity index is 602. The maximum atomic E-state index is 12.1. The quantitative estimate of drug-likeness (QED) is 0.664.